The SMILES string of the molecule is COC(Cc1ccc(OCCc2nc(-c3ccccc3)oc2C)c2ccsc12)C(=O)[O-].[Na+]. The van der Waals surface area contributed by atoms with Crippen LogP contribution < -0.4 is 39.4 Å². The molecule has 0 N–H and O–H groups in total. The van der Waals surface area contributed by atoms with Crippen molar-refractivity contribution in [2.24, 2.45) is 0 Å². The zero-order chi connectivity index (χ0) is 21.8. The number of aromatic nitrogens is 1. The second-order valence-electron chi connectivity index (χ2n) is 7.12. The van der Waals surface area contributed by atoms with Crippen molar-refractivity contribution in [1.82, 2.24) is 4.98 Å². The minimum Gasteiger partial charge on any atom is -0.547 e. The molecule has 6 nitrogen and oxygen atoms in total. The van der Waals surface area contributed by atoms with Crippen LogP contribution in [0.5, 0.6) is 5.75 Å². The van der Waals surface area contributed by atoms with Crippen LogP contribution in [0.2, 0.25) is 0 Å². The molecule has 0 aliphatic heterocycles. The van der Waals surface area contributed by atoms with Crippen LogP contribution in [-0.4, -0.2) is 30.8 Å². The Morgan fingerprint density at radius 2 is 1.97 bits per heavy atom. The Morgan fingerprint density at radius 1 is 1.19 bits per heavy atom. The van der Waals surface area contributed by atoms with Gasteiger partial charge in [0.1, 0.15) is 17.6 Å². The molecule has 4 rings (SSSR count). The van der Waals surface area contributed by atoms with E-state index in [0.717, 1.165) is 38.4 Å². The van der Waals surface area contributed by atoms with Gasteiger partial charge in [0.15, 0.2) is 0 Å². The van der Waals surface area contributed by atoms with Crippen LogP contribution >= 0.6 is 11.3 Å². The van der Waals surface area contributed by atoms with Crippen LogP contribution in [0.4, 0.5) is 0 Å². The fraction of sp³-hybridized carbons (Fsp3) is 0.250. The number of carboxylic acids is 1. The van der Waals surface area contributed by atoms with Crippen molar-refractivity contribution in [3.05, 3.63) is 70.9 Å². The standard InChI is InChI=1S/C24H23NO5S.Na/c1-15-19(25-23(30-15)16-6-4-3-5-7-16)10-12-29-20-9-8-17(14-21(28-2)24(26)27)22-18(20)11-13-31-22;/h3-9,11,13,21H,10,12,14H2,1-2H3,(H,26,27);/q;+1/p-1. The minimum absolute atomic E-state index is 0. The second-order valence-corrected chi connectivity index (χ2v) is 8.04. The van der Waals surface area contributed by atoms with Crippen molar-refractivity contribution in [3.8, 4) is 17.2 Å². The van der Waals surface area contributed by atoms with E-state index < -0.39 is 12.1 Å². The van der Waals surface area contributed by atoms with E-state index in [4.69, 9.17) is 13.9 Å². The van der Waals surface area contributed by atoms with Gasteiger partial charge in [0.2, 0.25) is 5.89 Å². The first-order valence-corrected chi connectivity index (χ1v) is 10.8. The first-order chi connectivity index (χ1) is 15.1. The Kier molecular flexibility index (Phi) is 8.51. The van der Waals surface area contributed by atoms with Crippen molar-refractivity contribution in [3.63, 3.8) is 0 Å². The molecule has 0 aliphatic rings. The van der Waals surface area contributed by atoms with E-state index in [1.54, 1.807) is 11.3 Å². The summed E-state index contributed by atoms with van der Waals surface area (Å²) in [6.45, 7) is 2.36. The molecule has 8 heteroatoms. The molecule has 0 bridgehead atoms. The fourth-order valence-electron chi connectivity index (χ4n) is 3.46. The zero-order valence-corrected chi connectivity index (χ0v) is 21.1. The summed E-state index contributed by atoms with van der Waals surface area (Å²) in [6.07, 6.45) is -0.117. The van der Waals surface area contributed by atoms with Crippen LogP contribution in [0.1, 0.15) is 17.0 Å². The number of thiophene rings is 1. The van der Waals surface area contributed by atoms with E-state index in [2.05, 4.69) is 4.98 Å². The van der Waals surface area contributed by atoms with Crippen molar-refractivity contribution in [2.45, 2.75) is 25.9 Å². The Hall–Kier alpha value is -2.16. The third kappa shape index (κ3) is 5.42. The summed E-state index contributed by atoms with van der Waals surface area (Å²) in [6, 6.07) is 15.5. The van der Waals surface area contributed by atoms with Gasteiger partial charge in [0.05, 0.1) is 18.3 Å². The number of nitrogens with zero attached hydrogens (tertiary/aromatic N) is 1. The molecule has 0 spiro atoms. The van der Waals surface area contributed by atoms with Gasteiger partial charge >= 0.3 is 29.6 Å². The predicted octanol–water partition coefficient (Wildman–Crippen LogP) is 0.798. The summed E-state index contributed by atoms with van der Waals surface area (Å²) < 4.78 is 17.9. The van der Waals surface area contributed by atoms with Crippen LogP contribution in [0, 0.1) is 6.92 Å². The van der Waals surface area contributed by atoms with Crippen LogP contribution in [0.3, 0.4) is 0 Å². The van der Waals surface area contributed by atoms with E-state index in [1.807, 2.05) is 60.8 Å². The second kappa shape index (κ2) is 11.1. The number of carboxylic acid groups (broad SMARTS) is 1. The fourth-order valence-corrected chi connectivity index (χ4v) is 4.40. The number of hydrogen-bond donors (Lipinski definition) is 0. The molecule has 0 amide bonds. The van der Waals surface area contributed by atoms with Gasteiger partial charge in [-0.3, -0.25) is 0 Å². The molecule has 32 heavy (non-hydrogen) atoms. The summed E-state index contributed by atoms with van der Waals surface area (Å²) >= 11 is 1.55. The van der Waals surface area contributed by atoms with Gasteiger partial charge in [0.25, 0.3) is 0 Å². The maximum atomic E-state index is 11.2. The number of aryl methyl sites for hydroxylation is 1. The molecule has 0 saturated heterocycles. The summed E-state index contributed by atoms with van der Waals surface area (Å²) in [5, 5.41) is 14.1. The number of ether oxygens (including phenoxy) is 2. The van der Waals surface area contributed by atoms with Gasteiger partial charge in [-0.15, -0.1) is 11.3 Å². The number of methoxy groups -OCH3 is 1. The maximum Gasteiger partial charge on any atom is 1.00 e. The first kappa shape index (κ1) is 24.5. The van der Waals surface area contributed by atoms with E-state index in [1.165, 1.54) is 7.11 Å². The molecule has 160 valence electrons. The molecule has 2 aromatic heterocycles. The molecular formula is C24H22NNaO5S. The van der Waals surface area contributed by atoms with Crippen molar-refractivity contribution >= 4 is 27.4 Å². The van der Waals surface area contributed by atoms with E-state index in [0.29, 0.717) is 18.9 Å². The van der Waals surface area contributed by atoms with E-state index in [9.17, 15) is 9.90 Å². The van der Waals surface area contributed by atoms with Gasteiger partial charge in [-0.05, 0) is 42.1 Å². The number of carbonyl (C=O) groups excluding carboxylic acids is 1. The molecule has 0 radical (unpaired) electrons. The summed E-state index contributed by atoms with van der Waals surface area (Å²) in [7, 11) is 1.37. The summed E-state index contributed by atoms with van der Waals surface area (Å²) in [5.41, 5.74) is 2.71. The maximum absolute atomic E-state index is 11.2. The summed E-state index contributed by atoms with van der Waals surface area (Å²) in [4.78, 5) is 15.8. The number of hydrogen-bond acceptors (Lipinski definition) is 7. The largest absolute Gasteiger partial charge is 1.00 e. The van der Waals surface area contributed by atoms with E-state index in [-0.39, 0.29) is 36.0 Å². The van der Waals surface area contributed by atoms with Crippen LogP contribution in [0.25, 0.3) is 21.5 Å². The number of fused-ring (bicyclic) bond motifs is 1. The van der Waals surface area contributed by atoms with Crippen molar-refractivity contribution in [2.75, 3.05) is 13.7 Å². The molecule has 0 aliphatic carbocycles. The smallest absolute Gasteiger partial charge is 0.547 e. The molecule has 2 heterocycles. The van der Waals surface area contributed by atoms with E-state index >= 15 is 0 Å². The molecular weight excluding hydrogens is 437 g/mol. The van der Waals surface area contributed by atoms with Gasteiger partial charge in [-0.1, -0.05) is 24.3 Å². The molecule has 2 aromatic carbocycles. The first-order valence-electron chi connectivity index (χ1n) is 9.94. The van der Waals surface area contributed by atoms with Gasteiger partial charge < -0.3 is 23.8 Å². The quantitative estimate of drug-likeness (QED) is 0.344. The third-order valence-electron chi connectivity index (χ3n) is 5.12. The average molecular weight is 459 g/mol. The Labute approximate surface area is 212 Å². The molecule has 4 aromatic rings. The Balaban J connectivity index is 0.00000289. The van der Waals surface area contributed by atoms with Gasteiger partial charge in [-0.25, -0.2) is 4.98 Å². The summed E-state index contributed by atoms with van der Waals surface area (Å²) in [5.74, 6) is 0.932. The number of oxazole rings is 1. The molecule has 0 saturated carbocycles. The molecule has 1 unspecified atom stereocenters. The predicted molar refractivity (Wildman–Crippen MR) is 117 cm³/mol. The molecule has 0 fully saturated rings. The van der Waals surface area contributed by atoms with Gasteiger partial charge in [0, 0.05) is 35.6 Å². The minimum atomic E-state index is -1.22. The Morgan fingerprint density at radius 3 is 2.69 bits per heavy atom. The number of aliphatic carboxylic acids is 1. The third-order valence-corrected chi connectivity index (χ3v) is 6.11. The van der Waals surface area contributed by atoms with Gasteiger partial charge in [-0.2, -0.15) is 0 Å². The molecule has 1 atom stereocenters. The Bertz CT molecular complexity index is 1190. The van der Waals surface area contributed by atoms with Crippen molar-refractivity contribution in [1.29, 1.82) is 0 Å². The average Bonchev–Trinajstić information content (AvgIpc) is 3.41. The van der Waals surface area contributed by atoms with Crippen LogP contribution in [0.15, 0.2) is 58.3 Å². The van der Waals surface area contributed by atoms with Crippen molar-refractivity contribution < 1.29 is 53.3 Å². The monoisotopic (exact) mass is 459 g/mol. The zero-order valence-electron chi connectivity index (χ0n) is 18.3. The number of carbonyl (C=O) groups is 1. The number of benzene rings is 2. The normalized spacial score (nSPS) is 11.8. The number of rotatable bonds is 9. The van der Waals surface area contributed by atoms with Crippen LogP contribution in [-0.2, 0) is 22.4 Å². The topological polar surface area (TPSA) is 84.6 Å².